The van der Waals surface area contributed by atoms with E-state index in [0.29, 0.717) is 25.6 Å². The Balaban J connectivity index is 1.85. The van der Waals surface area contributed by atoms with Crippen LogP contribution in [-0.2, 0) is 14.3 Å². The maximum atomic E-state index is 10.9. The number of aliphatic hydroxyl groups excluding tert-OH is 1. The largest absolute Gasteiger partial charge is 0.491 e. The van der Waals surface area contributed by atoms with Crippen LogP contribution >= 0.6 is 0 Å². The maximum absolute atomic E-state index is 10.9. The molecule has 0 saturated heterocycles. The van der Waals surface area contributed by atoms with Gasteiger partial charge in [0.05, 0.1) is 19.8 Å². The Hall–Kier alpha value is -2.57. The number of fused-ring (bicyclic) bond motifs is 1. The number of carbonyl (C=O) groups excluding carboxylic acids is 1. The Morgan fingerprint density at radius 1 is 0.920 bits per heavy atom. The monoisotopic (exact) mass is 346 g/mol. The van der Waals surface area contributed by atoms with E-state index in [1.807, 2.05) is 36.4 Å². The first kappa shape index (κ1) is 18.8. The van der Waals surface area contributed by atoms with E-state index in [0.717, 1.165) is 22.6 Å². The van der Waals surface area contributed by atoms with Gasteiger partial charge in [0.25, 0.3) is 0 Å². The summed E-state index contributed by atoms with van der Waals surface area (Å²) < 4.78 is 21.5. The molecule has 25 heavy (non-hydrogen) atoms. The smallest absolute Gasteiger partial charge is 0.330 e. The van der Waals surface area contributed by atoms with Crippen molar-refractivity contribution in [3.8, 4) is 11.5 Å². The molecule has 0 bridgehead atoms. The molecular weight excluding hydrogens is 324 g/mol. The molecule has 1 N–H and O–H groups in total. The van der Waals surface area contributed by atoms with Crippen molar-refractivity contribution in [1.29, 1.82) is 0 Å². The number of esters is 1. The topological polar surface area (TPSA) is 74.2 Å². The van der Waals surface area contributed by atoms with E-state index in [-0.39, 0.29) is 19.8 Å². The second-order valence-electron chi connectivity index (χ2n) is 5.01. The number of carbonyl (C=O) groups is 1. The van der Waals surface area contributed by atoms with Crippen LogP contribution < -0.4 is 9.47 Å². The van der Waals surface area contributed by atoms with Gasteiger partial charge >= 0.3 is 5.97 Å². The van der Waals surface area contributed by atoms with Gasteiger partial charge in [0.1, 0.15) is 31.3 Å². The Morgan fingerprint density at radius 2 is 1.52 bits per heavy atom. The second-order valence-corrected chi connectivity index (χ2v) is 5.01. The van der Waals surface area contributed by atoms with Gasteiger partial charge in [-0.1, -0.05) is 30.8 Å². The lowest BCUT2D eigenvalue weighted by atomic mass is 10.1. The average Bonchev–Trinajstić information content (AvgIpc) is 2.65. The van der Waals surface area contributed by atoms with E-state index in [2.05, 4.69) is 6.58 Å². The highest BCUT2D eigenvalue weighted by Crippen LogP contribution is 2.33. The minimum absolute atomic E-state index is 0.0357. The van der Waals surface area contributed by atoms with Gasteiger partial charge in [0.2, 0.25) is 0 Å². The van der Waals surface area contributed by atoms with E-state index in [1.54, 1.807) is 0 Å². The van der Waals surface area contributed by atoms with E-state index < -0.39 is 5.97 Å². The molecule has 2 aromatic rings. The summed E-state index contributed by atoms with van der Waals surface area (Å²) >= 11 is 0. The molecular formula is C19H22O6. The average molecular weight is 346 g/mol. The molecule has 0 fully saturated rings. The third-order valence-corrected chi connectivity index (χ3v) is 3.32. The number of hydrogen-bond donors (Lipinski definition) is 1. The Morgan fingerprint density at radius 3 is 2.12 bits per heavy atom. The van der Waals surface area contributed by atoms with Crippen molar-refractivity contribution in [2.45, 2.75) is 0 Å². The van der Waals surface area contributed by atoms with Crippen LogP contribution in [0.2, 0.25) is 0 Å². The third kappa shape index (κ3) is 5.77. The summed E-state index contributed by atoms with van der Waals surface area (Å²) in [5.74, 6) is 0.973. The number of benzene rings is 2. The molecule has 0 spiro atoms. The number of ether oxygens (including phenoxy) is 4. The van der Waals surface area contributed by atoms with Crippen LogP contribution in [0, 0.1) is 0 Å². The Bertz CT molecular complexity index is 697. The molecule has 0 aliphatic carbocycles. The zero-order valence-electron chi connectivity index (χ0n) is 14.0. The highest BCUT2D eigenvalue weighted by Gasteiger charge is 2.07. The summed E-state index contributed by atoms with van der Waals surface area (Å²) in [7, 11) is 0. The van der Waals surface area contributed by atoms with Crippen LogP contribution in [0.5, 0.6) is 11.5 Å². The molecule has 6 heteroatoms. The molecule has 0 amide bonds. The highest BCUT2D eigenvalue weighted by molar-refractivity contribution is 5.93. The van der Waals surface area contributed by atoms with E-state index in [4.69, 9.17) is 24.1 Å². The molecule has 2 rings (SSSR count). The van der Waals surface area contributed by atoms with Crippen LogP contribution in [0.3, 0.4) is 0 Å². The fourth-order valence-electron chi connectivity index (χ4n) is 2.22. The van der Waals surface area contributed by atoms with Gasteiger partial charge in [0.15, 0.2) is 0 Å². The second kappa shape index (κ2) is 10.3. The summed E-state index contributed by atoms with van der Waals surface area (Å²) in [4.78, 5) is 10.9. The highest BCUT2D eigenvalue weighted by atomic mass is 16.6. The van der Waals surface area contributed by atoms with Crippen molar-refractivity contribution in [2.75, 3.05) is 39.6 Å². The zero-order valence-corrected chi connectivity index (χ0v) is 14.0. The van der Waals surface area contributed by atoms with Crippen molar-refractivity contribution in [2.24, 2.45) is 0 Å². The first-order valence-electron chi connectivity index (χ1n) is 8.01. The molecule has 0 aliphatic heterocycles. The van der Waals surface area contributed by atoms with Gasteiger partial charge in [-0.25, -0.2) is 4.79 Å². The van der Waals surface area contributed by atoms with Gasteiger partial charge < -0.3 is 24.1 Å². The number of rotatable bonds is 11. The molecule has 134 valence electrons. The molecule has 6 nitrogen and oxygen atoms in total. The SMILES string of the molecule is C=CC(=O)OCCOCCOc1ccc(OCCO)c2ccccc12. The Labute approximate surface area is 146 Å². The van der Waals surface area contributed by atoms with Crippen LogP contribution in [0.4, 0.5) is 0 Å². The van der Waals surface area contributed by atoms with Crippen LogP contribution in [0.1, 0.15) is 0 Å². The summed E-state index contributed by atoms with van der Waals surface area (Å²) in [6.07, 6.45) is 1.11. The predicted octanol–water partition coefficient (Wildman–Crippen LogP) is 2.34. The van der Waals surface area contributed by atoms with Gasteiger partial charge in [-0.15, -0.1) is 0 Å². The molecule has 0 saturated carbocycles. The third-order valence-electron chi connectivity index (χ3n) is 3.32. The molecule has 0 aromatic heterocycles. The first-order chi connectivity index (χ1) is 12.3. The fraction of sp³-hybridized carbons (Fsp3) is 0.316. The van der Waals surface area contributed by atoms with Gasteiger partial charge in [0, 0.05) is 16.8 Å². The normalized spacial score (nSPS) is 10.4. The van der Waals surface area contributed by atoms with Crippen LogP contribution in [-0.4, -0.2) is 50.7 Å². The lowest BCUT2D eigenvalue weighted by molar-refractivity contribution is -0.139. The first-order valence-corrected chi connectivity index (χ1v) is 8.01. The summed E-state index contributed by atoms with van der Waals surface area (Å²) in [5.41, 5.74) is 0. The molecule has 0 atom stereocenters. The number of aliphatic hydroxyl groups is 1. The van der Waals surface area contributed by atoms with Gasteiger partial charge in [-0.3, -0.25) is 0 Å². The van der Waals surface area contributed by atoms with E-state index in [9.17, 15) is 4.79 Å². The lowest BCUT2D eigenvalue weighted by Crippen LogP contribution is -2.12. The zero-order chi connectivity index (χ0) is 17.9. The number of hydrogen-bond acceptors (Lipinski definition) is 6. The minimum atomic E-state index is -0.463. The van der Waals surface area contributed by atoms with E-state index >= 15 is 0 Å². The van der Waals surface area contributed by atoms with Gasteiger partial charge in [-0.2, -0.15) is 0 Å². The van der Waals surface area contributed by atoms with Crippen molar-refractivity contribution in [1.82, 2.24) is 0 Å². The molecule has 2 aromatic carbocycles. The van der Waals surface area contributed by atoms with Crippen LogP contribution in [0.15, 0.2) is 49.1 Å². The quantitative estimate of drug-likeness (QED) is 0.382. The van der Waals surface area contributed by atoms with Gasteiger partial charge in [-0.05, 0) is 12.1 Å². The Kier molecular flexibility index (Phi) is 7.75. The summed E-state index contributed by atoms with van der Waals surface area (Å²) in [6.45, 7) is 4.76. The van der Waals surface area contributed by atoms with Crippen molar-refractivity contribution >= 4 is 16.7 Å². The molecule has 0 radical (unpaired) electrons. The maximum Gasteiger partial charge on any atom is 0.330 e. The van der Waals surface area contributed by atoms with E-state index in [1.165, 1.54) is 0 Å². The molecule has 0 aliphatic rings. The van der Waals surface area contributed by atoms with Crippen molar-refractivity contribution in [3.05, 3.63) is 49.1 Å². The summed E-state index contributed by atoms with van der Waals surface area (Å²) in [6, 6.07) is 11.4. The lowest BCUT2D eigenvalue weighted by Gasteiger charge is -2.13. The van der Waals surface area contributed by atoms with Crippen LogP contribution in [0.25, 0.3) is 10.8 Å². The van der Waals surface area contributed by atoms with Crippen molar-refractivity contribution in [3.63, 3.8) is 0 Å². The fourth-order valence-corrected chi connectivity index (χ4v) is 2.22. The summed E-state index contributed by atoms with van der Waals surface area (Å²) in [5, 5.41) is 10.8. The molecule has 0 unspecified atom stereocenters. The predicted molar refractivity (Wildman–Crippen MR) is 94.0 cm³/mol. The molecule has 0 heterocycles. The minimum Gasteiger partial charge on any atom is -0.491 e. The standard InChI is InChI=1S/C19H22O6/c1-2-19(21)25-14-12-22-11-13-24-18-8-7-17(23-10-9-20)15-5-3-4-6-16(15)18/h2-8,20H,1,9-14H2. The van der Waals surface area contributed by atoms with Crippen molar-refractivity contribution < 1.29 is 28.8 Å².